The third-order valence-corrected chi connectivity index (χ3v) is 6.79. The molecule has 2 aromatic carbocycles. The molecule has 1 aliphatic heterocycles. The summed E-state index contributed by atoms with van der Waals surface area (Å²) >= 11 is 0. The van der Waals surface area contributed by atoms with Gasteiger partial charge in [-0.3, -0.25) is 9.52 Å². The van der Waals surface area contributed by atoms with E-state index in [0.717, 1.165) is 57.2 Å². The van der Waals surface area contributed by atoms with Crippen LogP contribution in [0.5, 0.6) is 0 Å². The van der Waals surface area contributed by atoms with Gasteiger partial charge >= 0.3 is 0 Å². The van der Waals surface area contributed by atoms with Gasteiger partial charge in [0.05, 0.1) is 16.1 Å². The molecule has 0 radical (unpaired) electrons. The summed E-state index contributed by atoms with van der Waals surface area (Å²) in [6.45, 7) is 1.45. The van der Waals surface area contributed by atoms with E-state index < -0.39 is 10.0 Å². The van der Waals surface area contributed by atoms with Crippen LogP contribution in [0.2, 0.25) is 0 Å². The van der Waals surface area contributed by atoms with Gasteiger partial charge in [-0.25, -0.2) is 8.42 Å². The first-order chi connectivity index (χ1) is 13.0. The van der Waals surface area contributed by atoms with Gasteiger partial charge in [-0.05, 0) is 73.9 Å². The maximum Gasteiger partial charge on any atom is 0.261 e. The van der Waals surface area contributed by atoms with Gasteiger partial charge in [0, 0.05) is 13.1 Å². The van der Waals surface area contributed by atoms with Gasteiger partial charge in [0.1, 0.15) is 0 Å². The van der Waals surface area contributed by atoms with E-state index in [1.165, 1.54) is 5.56 Å². The SMILES string of the molecule is O=C(c1ccccc1NS(=O)(=O)c1ccc2c(c1)CCC2)N1CCCCC1. The molecule has 2 aliphatic rings. The number of carbonyl (C=O) groups excluding carboxylic acids is 1. The zero-order valence-corrected chi connectivity index (χ0v) is 16.1. The molecular formula is C21H24N2O3S. The predicted molar refractivity (Wildman–Crippen MR) is 105 cm³/mol. The minimum Gasteiger partial charge on any atom is -0.339 e. The Kier molecular flexibility index (Phi) is 4.91. The van der Waals surface area contributed by atoms with Crippen LogP contribution in [-0.4, -0.2) is 32.3 Å². The van der Waals surface area contributed by atoms with Crippen molar-refractivity contribution in [2.75, 3.05) is 17.8 Å². The van der Waals surface area contributed by atoms with E-state index in [2.05, 4.69) is 4.72 Å². The maximum absolute atomic E-state index is 12.9. The van der Waals surface area contributed by atoms with Crippen molar-refractivity contribution in [2.24, 2.45) is 0 Å². The van der Waals surface area contributed by atoms with Crippen LogP contribution in [0, 0.1) is 0 Å². The van der Waals surface area contributed by atoms with Crippen LogP contribution in [-0.2, 0) is 22.9 Å². The average molecular weight is 385 g/mol. The number of carbonyl (C=O) groups is 1. The van der Waals surface area contributed by atoms with Gasteiger partial charge in [-0.1, -0.05) is 18.2 Å². The van der Waals surface area contributed by atoms with E-state index in [9.17, 15) is 13.2 Å². The molecule has 1 fully saturated rings. The molecule has 27 heavy (non-hydrogen) atoms. The third kappa shape index (κ3) is 3.72. The van der Waals surface area contributed by atoms with Crippen molar-refractivity contribution in [2.45, 2.75) is 43.4 Å². The molecule has 5 nitrogen and oxygen atoms in total. The lowest BCUT2D eigenvalue weighted by molar-refractivity contribution is 0.0725. The molecule has 0 bridgehead atoms. The Morgan fingerprint density at radius 2 is 1.63 bits per heavy atom. The molecule has 142 valence electrons. The number of amides is 1. The number of rotatable bonds is 4. The molecule has 1 heterocycles. The summed E-state index contributed by atoms with van der Waals surface area (Å²) in [5.41, 5.74) is 3.09. The molecule has 1 N–H and O–H groups in total. The fourth-order valence-electron chi connectivity index (χ4n) is 3.94. The Morgan fingerprint density at radius 3 is 2.44 bits per heavy atom. The first-order valence-corrected chi connectivity index (χ1v) is 11.1. The fourth-order valence-corrected chi connectivity index (χ4v) is 5.07. The zero-order valence-electron chi connectivity index (χ0n) is 15.3. The van der Waals surface area contributed by atoms with Gasteiger partial charge in [-0.15, -0.1) is 0 Å². The Balaban J connectivity index is 1.61. The number of likely N-dealkylation sites (tertiary alicyclic amines) is 1. The Hall–Kier alpha value is -2.34. The van der Waals surface area contributed by atoms with E-state index in [4.69, 9.17) is 0 Å². The van der Waals surface area contributed by atoms with Crippen molar-refractivity contribution in [3.8, 4) is 0 Å². The number of para-hydroxylation sites is 1. The first-order valence-electron chi connectivity index (χ1n) is 9.57. The quantitative estimate of drug-likeness (QED) is 0.876. The number of sulfonamides is 1. The number of hydrogen-bond acceptors (Lipinski definition) is 3. The van der Waals surface area contributed by atoms with Crippen molar-refractivity contribution in [1.29, 1.82) is 0 Å². The predicted octanol–water partition coefficient (Wildman–Crippen LogP) is 3.60. The molecule has 0 spiro atoms. The molecule has 0 unspecified atom stereocenters. The van der Waals surface area contributed by atoms with Gasteiger partial charge in [-0.2, -0.15) is 0 Å². The molecule has 4 rings (SSSR count). The number of piperidine rings is 1. The van der Waals surface area contributed by atoms with Crippen molar-refractivity contribution in [1.82, 2.24) is 4.90 Å². The van der Waals surface area contributed by atoms with E-state index >= 15 is 0 Å². The standard InChI is InChI=1S/C21H24N2O3S/c24-21(23-13-4-1-5-14-23)19-9-2-3-10-20(19)22-27(25,26)18-12-11-16-7-6-8-17(16)15-18/h2-3,9-12,15,22H,1,4-8,13-14H2. The highest BCUT2D eigenvalue weighted by atomic mass is 32.2. The van der Waals surface area contributed by atoms with Gasteiger partial charge in [0.25, 0.3) is 15.9 Å². The summed E-state index contributed by atoms with van der Waals surface area (Å²) in [7, 11) is -3.74. The third-order valence-electron chi connectivity index (χ3n) is 5.43. The average Bonchev–Trinajstić information content (AvgIpc) is 3.16. The van der Waals surface area contributed by atoms with Gasteiger partial charge in [0.15, 0.2) is 0 Å². The van der Waals surface area contributed by atoms with E-state index in [1.54, 1.807) is 36.4 Å². The molecule has 0 saturated carbocycles. The van der Waals surface area contributed by atoms with Crippen LogP contribution in [0.3, 0.4) is 0 Å². The molecule has 2 aromatic rings. The number of fused-ring (bicyclic) bond motifs is 1. The maximum atomic E-state index is 12.9. The number of nitrogens with one attached hydrogen (secondary N) is 1. The molecule has 0 atom stereocenters. The lowest BCUT2D eigenvalue weighted by Gasteiger charge is -2.27. The largest absolute Gasteiger partial charge is 0.339 e. The molecule has 6 heteroatoms. The summed E-state index contributed by atoms with van der Waals surface area (Å²) in [6, 6.07) is 12.2. The van der Waals surface area contributed by atoms with Gasteiger partial charge in [0.2, 0.25) is 0 Å². The van der Waals surface area contributed by atoms with E-state index in [-0.39, 0.29) is 10.8 Å². The minimum absolute atomic E-state index is 0.109. The molecule has 1 saturated heterocycles. The van der Waals surface area contributed by atoms with Crippen LogP contribution >= 0.6 is 0 Å². The van der Waals surface area contributed by atoms with Crippen molar-refractivity contribution in [3.63, 3.8) is 0 Å². The smallest absolute Gasteiger partial charge is 0.261 e. The van der Waals surface area contributed by atoms with Crippen molar-refractivity contribution in [3.05, 3.63) is 59.2 Å². The highest BCUT2D eigenvalue weighted by Crippen LogP contribution is 2.27. The van der Waals surface area contributed by atoms with Crippen LogP contribution in [0.4, 0.5) is 5.69 Å². The van der Waals surface area contributed by atoms with Crippen LogP contribution in [0.25, 0.3) is 0 Å². The molecular weight excluding hydrogens is 360 g/mol. The molecule has 1 amide bonds. The van der Waals surface area contributed by atoms with E-state index in [0.29, 0.717) is 11.3 Å². The number of aryl methyl sites for hydroxylation is 2. The highest BCUT2D eigenvalue weighted by Gasteiger charge is 2.24. The number of nitrogens with zero attached hydrogens (tertiary/aromatic N) is 1. The summed E-state index contributed by atoms with van der Waals surface area (Å²) in [4.78, 5) is 15.0. The Bertz CT molecular complexity index is 963. The monoisotopic (exact) mass is 384 g/mol. The lowest BCUT2D eigenvalue weighted by Crippen LogP contribution is -2.36. The second kappa shape index (κ2) is 7.35. The first kappa shape index (κ1) is 18.0. The second-order valence-electron chi connectivity index (χ2n) is 7.29. The van der Waals surface area contributed by atoms with Crippen LogP contribution < -0.4 is 4.72 Å². The van der Waals surface area contributed by atoms with Crippen LogP contribution in [0.1, 0.15) is 47.2 Å². The van der Waals surface area contributed by atoms with Crippen molar-refractivity contribution >= 4 is 21.6 Å². The normalized spacial score (nSPS) is 16.8. The highest BCUT2D eigenvalue weighted by molar-refractivity contribution is 7.92. The summed E-state index contributed by atoms with van der Waals surface area (Å²) in [5, 5.41) is 0. The zero-order chi connectivity index (χ0) is 18.9. The lowest BCUT2D eigenvalue weighted by atomic mass is 10.1. The Labute approximate surface area is 160 Å². The van der Waals surface area contributed by atoms with Crippen molar-refractivity contribution < 1.29 is 13.2 Å². The van der Waals surface area contributed by atoms with Gasteiger partial charge < -0.3 is 4.90 Å². The van der Waals surface area contributed by atoms with E-state index in [1.807, 2.05) is 11.0 Å². The molecule has 1 aliphatic carbocycles. The summed E-state index contributed by atoms with van der Waals surface area (Å²) in [6.07, 6.45) is 6.12. The topological polar surface area (TPSA) is 66.5 Å². The fraction of sp³-hybridized carbons (Fsp3) is 0.381. The number of anilines is 1. The molecule has 0 aromatic heterocycles. The van der Waals surface area contributed by atoms with Crippen LogP contribution in [0.15, 0.2) is 47.4 Å². The summed E-state index contributed by atoms with van der Waals surface area (Å²) < 4.78 is 28.5. The minimum atomic E-state index is -3.74. The second-order valence-corrected chi connectivity index (χ2v) is 8.97. The number of hydrogen-bond donors (Lipinski definition) is 1. The summed E-state index contributed by atoms with van der Waals surface area (Å²) in [5.74, 6) is -0.109. The Morgan fingerprint density at radius 1 is 0.889 bits per heavy atom. The number of benzene rings is 2.